The summed E-state index contributed by atoms with van der Waals surface area (Å²) in [5.41, 5.74) is 5.97. The molecule has 25 heavy (non-hydrogen) atoms. The number of methoxy groups -OCH3 is 2. The summed E-state index contributed by atoms with van der Waals surface area (Å²) < 4.78 is 16.1. The summed E-state index contributed by atoms with van der Waals surface area (Å²) >= 11 is 0. The quantitative estimate of drug-likeness (QED) is 0.766. The van der Waals surface area contributed by atoms with Crippen LogP contribution in [-0.2, 0) is 11.4 Å². The third-order valence-corrected chi connectivity index (χ3v) is 3.23. The molecule has 0 fully saturated rings. The highest BCUT2D eigenvalue weighted by Gasteiger charge is 2.16. The van der Waals surface area contributed by atoms with E-state index < -0.39 is 11.8 Å². The number of nitrogens with zero attached hydrogens (tertiary/aromatic N) is 1. The van der Waals surface area contributed by atoms with Gasteiger partial charge in [-0.15, -0.1) is 0 Å². The predicted octanol–water partition coefficient (Wildman–Crippen LogP) is 0.893. The van der Waals surface area contributed by atoms with E-state index in [1.54, 1.807) is 44.6 Å². The van der Waals surface area contributed by atoms with Crippen molar-refractivity contribution in [1.29, 1.82) is 0 Å². The van der Waals surface area contributed by atoms with Gasteiger partial charge in [-0.25, -0.2) is 4.98 Å². The van der Waals surface area contributed by atoms with Gasteiger partial charge in [0.1, 0.15) is 18.1 Å². The number of nitrogens with one attached hydrogen (secondary N) is 1. The molecular weight excluding hydrogens is 326 g/mol. The molecule has 0 bridgehead atoms. The van der Waals surface area contributed by atoms with Gasteiger partial charge in [-0.05, 0) is 29.8 Å². The van der Waals surface area contributed by atoms with Gasteiger partial charge in [0.15, 0.2) is 11.4 Å². The van der Waals surface area contributed by atoms with Crippen molar-refractivity contribution in [3.8, 4) is 17.2 Å². The second kappa shape index (κ2) is 8.65. The molecule has 1 aromatic heterocycles. The molecule has 0 unspecified atom stereocenters. The number of hydrogen-bond acceptors (Lipinski definition) is 7. The van der Waals surface area contributed by atoms with Crippen LogP contribution in [0, 0.1) is 0 Å². The van der Waals surface area contributed by atoms with Crippen molar-refractivity contribution in [2.75, 3.05) is 20.8 Å². The lowest BCUT2D eigenvalue weighted by molar-refractivity contribution is -0.118. The third-order valence-electron chi connectivity index (χ3n) is 3.23. The molecule has 0 atom stereocenters. The first-order valence-corrected chi connectivity index (χ1v) is 7.41. The minimum atomic E-state index is -0.672. The van der Waals surface area contributed by atoms with E-state index in [9.17, 15) is 9.59 Å². The highest BCUT2D eigenvalue weighted by molar-refractivity contribution is 6.05. The van der Waals surface area contributed by atoms with Gasteiger partial charge in [-0.2, -0.15) is 0 Å². The zero-order valence-electron chi connectivity index (χ0n) is 13.9. The monoisotopic (exact) mass is 345 g/mol. The van der Waals surface area contributed by atoms with Crippen molar-refractivity contribution >= 4 is 11.8 Å². The number of imide groups is 1. The Morgan fingerprint density at radius 3 is 2.44 bits per heavy atom. The molecule has 0 spiro atoms. The fraction of sp³-hybridized carbons (Fsp3) is 0.235. The van der Waals surface area contributed by atoms with Gasteiger partial charge in [0.25, 0.3) is 5.91 Å². The number of aromatic nitrogens is 1. The SMILES string of the molecule is COc1cc(COc2cccnc2C(=O)NC(=O)CN)cc(OC)c1. The van der Waals surface area contributed by atoms with Crippen LogP contribution in [0.2, 0.25) is 0 Å². The van der Waals surface area contributed by atoms with E-state index in [2.05, 4.69) is 10.3 Å². The Kier molecular flexibility index (Phi) is 6.30. The van der Waals surface area contributed by atoms with Crippen molar-refractivity contribution in [3.05, 3.63) is 47.8 Å². The van der Waals surface area contributed by atoms with Crippen LogP contribution in [0.3, 0.4) is 0 Å². The standard InChI is InChI=1S/C17H19N3O5/c1-23-12-6-11(7-13(8-12)24-2)10-25-14-4-3-5-19-16(14)17(22)20-15(21)9-18/h3-8H,9-10,18H2,1-2H3,(H,20,21,22). The molecule has 132 valence electrons. The number of benzene rings is 1. The summed E-state index contributed by atoms with van der Waals surface area (Å²) in [5, 5.41) is 2.14. The van der Waals surface area contributed by atoms with Crippen LogP contribution in [0.5, 0.6) is 17.2 Å². The Balaban J connectivity index is 2.16. The molecule has 0 radical (unpaired) electrons. The van der Waals surface area contributed by atoms with Gasteiger partial charge in [0.2, 0.25) is 5.91 Å². The topological polar surface area (TPSA) is 113 Å². The Morgan fingerprint density at radius 1 is 1.16 bits per heavy atom. The number of pyridine rings is 1. The number of amides is 2. The lowest BCUT2D eigenvalue weighted by Crippen LogP contribution is -2.36. The molecular formula is C17H19N3O5. The van der Waals surface area contributed by atoms with E-state index >= 15 is 0 Å². The zero-order chi connectivity index (χ0) is 18.2. The summed E-state index contributed by atoms with van der Waals surface area (Å²) in [5.74, 6) is 0.214. The average Bonchev–Trinajstić information content (AvgIpc) is 2.65. The number of rotatable bonds is 7. The first-order chi connectivity index (χ1) is 12.1. The minimum absolute atomic E-state index is 0.000777. The summed E-state index contributed by atoms with van der Waals surface area (Å²) in [4.78, 5) is 27.3. The maximum Gasteiger partial charge on any atom is 0.280 e. The highest BCUT2D eigenvalue weighted by atomic mass is 16.5. The molecule has 2 aromatic rings. The molecule has 1 heterocycles. The molecule has 0 aliphatic heterocycles. The molecule has 0 aliphatic rings. The number of nitrogens with two attached hydrogens (primary N) is 1. The summed E-state index contributed by atoms with van der Waals surface area (Å²) in [6.07, 6.45) is 1.43. The maximum atomic E-state index is 12.1. The highest BCUT2D eigenvalue weighted by Crippen LogP contribution is 2.24. The maximum absolute atomic E-state index is 12.1. The minimum Gasteiger partial charge on any atom is -0.497 e. The number of ether oxygens (including phenoxy) is 3. The van der Waals surface area contributed by atoms with Crippen molar-refractivity contribution in [2.24, 2.45) is 5.73 Å². The smallest absolute Gasteiger partial charge is 0.280 e. The van der Waals surface area contributed by atoms with Crippen LogP contribution in [-0.4, -0.2) is 37.6 Å². The van der Waals surface area contributed by atoms with Crippen molar-refractivity contribution < 1.29 is 23.8 Å². The summed E-state index contributed by atoms with van der Waals surface area (Å²) in [6, 6.07) is 8.54. The molecule has 0 aliphatic carbocycles. The van der Waals surface area contributed by atoms with E-state index in [1.165, 1.54) is 6.20 Å². The van der Waals surface area contributed by atoms with Crippen molar-refractivity contribution in [1.82, 2.24) is 10.3 Å². The van der Waals surface area contributed by atoms with Gasteiger partial charge in [-0.3, -0.25) is 14.9 Å². The lowest BCUT2D eigenvalue weighted by Gasteiger charge is -2.12. The van der Waals surface area contributed by atoms with Gasteiger partial charge < -0.3 is 19.9 Å². The largest absolute Gasteiger partial charge is 0.497 e. The van der Waals surface area contributed by atoms with Crippen LogP contribution in [0.4, 0.5) is 0 Å². The van der Waals surface area contributed by atoms with Gasteiger partial charge >= 0.3 is 0 Å². The number of hydrogen-bond donors (Lipinski definition) is 2. The first-order valence-electron chi connectivity index (χ1n) is 7.41. The predicted molar refractivity (Wildman–Crippen MR) is 89.6 cm³/mol. The van der Waals surface area contributed by atoms with Crippen LogP contribution >= 0.6 is 0 Å². The molecule has 1 aromatic carbocycles. The van der Waals surface area contributed by atoms with Gasteiger partial charge in [0.05, 0.1) is 20.8 Å². The first kappa shape index (κ1) is 18.2. The molecule has 3 N–H and O–H groups in total. The van der Waals surface area contributed by atoms with Crippen LogP contribution in [0.25, 0.3) is 0 Å². The molecule has 2 rings (SSSR count). The van der Waals surface area contributed by atoms with Crippen LogP contribution in [0.15, 0.2) is 36.5 Å². The molecule has 8 nitrogen and oxygen atoms in total. The van der Waals surface area contributed by atoms with Gasteiger partial charge in [-0.1, -0.05) is 0 Å². The zero-order valence-corrected chi connectivity index (χ0v) is 13.9. The van der Waals surface area contributed by atoms with Crippen molar-refractivity contribution in [3.63, 3.8) is 0 Å². The summed E-state index contributed by atoms with van der Waals surface area (Å²) in [6.45, 7) is -0.136. The van der Waals surface area contributed by atoms with Crippen molar-refractivity contribution in [2.45, 2.75) is 6.61 Å². The third kappa shape index (κ3) is 4.92. The molecule has 8 heteroatoms. The Hall–Kier alpha value is -3.13. The Bertz CT molecular complexity index is 741. The van der Waals surface area contributed by atoms with E-state index in [4.69, 9.17) is 19.9 Å². The second-order valence-electron chi connectivity index (χ2n) is 4.94. The Morgan fingerprint density at radius 2 is 1.84 bits per heavy atom. The number of carbonyl (C=O) groups excluding carboxylic acids is 2. The van der Waals surface area contributed by atoms with E-state index in [1.807, 2.05) is 0 Å². The Labute approximate surface area is 144 Å². The average molecular weight is 345 g/mol. The van der Waals surface area contributed by atoms with Gasteiger partial charge in [0, 0.05) is 12.3 Å². The fourth-order valence-electron chi connectivity index (χ4n) is 2.03. The lowest BCUT2D eigenvalue weighted by atomic mass is 10.2. The summed E-state index contributed by atoms with van der Waals surface area (Å²) in [7, 11) is 3.11. The molecule has 0 saturated carbocycles. The normalized spacial score (nSPS) is 10.0. The molecule has 0 saturated heterocycles. The fourth-order valence-corrected chi connectivity index (χ4v) is 2.03. The molecule has 2 amide bonds. The van der Waals surface area contributed by atoms with E-state index in [0.29, 0.717) is 11.5 Å². The second-order valence-corrected chi connectivity index (χ2v) is 4.94. The van der Waals surface area contributed by atoms with Crippen LogP contribution < -0.4 is 25.3 Å². The van der Waals surface area contributed by atoms with Crippen LogP contribution in [0.1, 0.15) is 16.1 Å². The van der Waals surface area contributed by atoms with E-state index in [0.717, 1.165) is 5.56 Å². The van der Waals surface area contributed by atoms with E-state index in [-0.39, 0.29) is 24.6 Å². The number of carbonyl (C=O) groups is 2.